The molecule has 2 heterocycles. The lowest BCUT2D eigenvalue weighted by atomic mass is 10.1. The van der Waals surface area contributed by atoms with Gasteiger partial charge in [0.2, 0.25) is 11.8 Å². The Hall–Kier alpha value is -1.98. The second-order valence-electron chi connectivity index (χ2n) is 4.94. The molecule has 0 saturated carbocycles. The van der Waals surface area contributed by atoms with Crippen LogP contribution in [0, 0.1) is 0 Å². The smallest absolute Gasteiger partial charge is 0.232 e. The molecular weight excluding hydrogens is 244 g/mol. The predicted molar refractivity (Wildman–Crippen MR) is 71.4 cm³/mol. The van der Waals surface area contributed by atoms with Crippen molar-refractivity contribution in [1.29, 1.82) is 0 Å². The quantitative estimate of drug-likeness (QED) is 0.871. The highest BCUT2D eigenvalue weighted by molar-refractivity contribution is 5.79. The van der Waals surface area contributed by atoms with E-state index in [1.54, 1.807) is 23.7 Å². The first-order valence-corrected chi connectivity index (χ1v) is 6.22. The molecule has 1 atom stereocenters. The number of hydrogen-bond acceptors (Lipinski definition) is 4. The summed E-state index contributed by atoms with van der Waals surface area (Å²) in [6, 6.07) is 1.79. The van der Waals surface area contributed by atoms with Gasteiger partial charge in [-0.05, 0) is 19.4 Å². The average Bonchev–Trinajstić information content (AvgIpc) is 2.73. The summed E-state index contributed by atoms with van der Waals surface area (Å²) in [6.07, 6.45) is 0.413. The lowest BCUT2D eigenvalue weighted by molar-refractivity contribution is -0.130. The van der Waals surface area contributed by atoms with Crippen molar-refractivity contribution in [1.82, 2.24) is 20.0 Å². The molecule has 0 aromatic carbocycles. The molecule has 0 spiro atoms. The number of aromatic nitrogens is 2. The van der Waals surface area contributed by atoms with Crippen molar-refractivity contribution in [2.75, 3.05) is 14.2 Å². The topological polar surface area (TPSA) is 59.4 Å². The van der Waals surface area contributed by atoms with E-state index < -0.39 is 0 Å². The van der Waals surface area contributed by atoms with E-state index in [1.807, 2.05) is 27.0 Å². The van der Waals surface area contributed by atoms with Crippen molar-refractivity contribution >= 4 is 5.91 Å². The van der Waals surface area contributed by atoms with Crippen molar-refractivity contribution in [2.24, 2.45) is 7.05 Å². The minimum absolute atomic E-state index is 0.0741. The Morgan fingerprint density at radius 3 is 2.68 bits per heavy atom. The van der Waals surface area contributed by atoms with Crippen LogP contribution in [0.4, 0.5) is 0 Å². The molecule has 1 aromatic heterocycles. The summed E-state index contributed by atoms with van der Waals surface area (Å²) in [5.74, 6) is 1.52. The third-order valence-corrected chi connectivity index (χ3v) is 3.33. The van der Waals surface area contributed by atoms with Gasteiger partial charge >= 0.3 is 0 Å². The van der Waals surface area contributed by atoms with Crippen molar-refractivity contribution in [3.8, 4) is 5.88 Å². The van der Waals surface area contributed by atoms with Crippen molar-refractivity contribution in [3.05, 3.63) is 23.2 Å². The molecule has 1 unspecified atom stereocenters. The molecule has 1 aliphatic rings. The Kier molecular flexibility index (Phi) is 3.50. The summed E-state index contributed by atoms with van der Waals surface area (Å²) in [5.41, 5.74) is 2.02. The fourth-order valence-electron chi connectivity index (χ4n) is 2.29. The van der Waals surface area contributed by atoms with Crippen LogP contribution in [-0.2, 0) is 11.8 Å². The summed E-state index contributed by atoms with van der Waals surface area (Å²) in [4.78, 5) is 13.7. The largest absolute Gasteiger partial charge is 0.480 e. The summed E-state index contributed by atoms with van der Waals surface area (Å²) in [5, 5.41) is 7.63. The fraction of sp³-hybridized carbons (Fsp3) is 0.538. The Balaban J connectivity index is 2.33. The standard InChI is InChI=1S/C13H20N4O2/c1-8(2)13-14-9(6-12(18)16(13)3)10-7-11(19-5)15-17(10)4/h7,9,14H,6H2,1-5H3. The Morgan fingerprint density at radius 2 is 2.16 bits per heavy atom. The van der Waals surface area contributed by atoms with Crippen LogP contribution in [0.15, 0.2) is 17.5 Å². The van der Waals surface area contributed by atoms with Gasteiger partial charge in [-0.3, -0.25) is 9.48 Å². The van der Waals surface area contributed by atoms with E-state index in [9.17, 15) is 4.79 Å². The summed E-state index contributed by atoms with van der Waals surface area (Å²) in [7, 11) is 5.23. The highest BCUT2D eigenvalue weighted by atomic mass is 16.5. The van der Waals surface area contributed by atoms with Gasteiger partial charge in [0.15, 0.2) is 0 Å². The van der Waals surface area contributed by atoms with Gasteiger partial charge in [0.05, 0.1) is 25.3 Å². The fourth-order valence-corrected chi connectivity index (χ4v) is 2.29. The van der Waals surface area contributed by atoms with Crippen LogP contribution in [0.5, 0.6) is 5.88 Å². The van der Waals surface area contributed by atoms with Gasteiger partial charge in [0.25, 0.3) is 0 Å². The van der Waals surface area contributed by atoms with Crippen molar-refractivity contribution in [3.63, 3.8) is 0 Å². The highest BCUT2D eigenvalue weighted by Crippen LogP contribution is 2.27. The van der Waals surface area contributed by atoms with Gasteiger partial charge in [-0.25, -0.2) is 0 Å². The average molecular weight is 264 g/mol. The van der Waals surface area contributed by atoms with E-state index >= 15 is 0 Å². The summed E-state index contributed by atoms with van der Waals surface area (Å²) < 4.78 is 6.87. The lowest BCUT2D eigenvalue weighted by Crippen LogP contribution is -2.44. The molecule has 1 aromatic rings. The molecule has 1 saturated heterocycles. The number of ether oxygens (including phenoxy) is 1. The minimum atomic E-state index is -0.0741. The number of nitrogens with zero attached hydrogens (tertiary/aromatic N) is 3. The van der Waals surface area contributed by atoms with E-state index in [4.69, 9.17) is 4.74 Å². The molecule has 2 rings (SSSR count). The van der Waals surface area contributed by atoms with Crippen LogP contribution in [0.2, 0.25) is 0 Å². The maximum atomic E-state index is 12.1. The van der Waals surface area contributed by atoms with E-state index in [2.05, 4.69) is 10.4 Å². The molecular formula is C13H20N4O2. The molecule has 1 N–H and O–H groups in total. The lowest BCUT2D eigenvalue weighted by Gasteiger charge is -2.34. The molecule has 19 heavy (non-hydrogen) atoms. The number of carbonyl (C=O) groups is 1. The maximum Gasteiger partial charge on any atom is 0.232 e. The number of carbonyl (C=O) groups excluding carboxylic acids is 1. The van der Waals surface area contributed by atoms with Crippen LogP contribution >= 0.6 is 0 Å². The van der Waals surface area contributed by atoms with E-state index in [-0.39, 0.29) is 11.9 Å². The monoisotopic (exact) mass is 264 g/mol. The van der Waals surface area contributed by atoms with Crippen LogP contribution in [0.3, 0.4) is 0 Å². The normalized spacial score (nSPS) is 19.4. The van der Waals surface area contributed by atoms with E-state index in [0.29, 0.717) is 12.3 Å². The number of aryl methyl sites for hydroxylation is 1. The molecule has 0 aliphatic carbocycles. The Labute approximate surface area is 113 Å². The second-order valence-corrected chi connectivity index (χ2v) is 4.94. The van der Waals surface area contributed by atoms with Crippen molar-refractivity contribution in [2.45, 2.75) is 26.3 Å². The molecule has 1 amide bonds. The zero-order valence-electron chi connectivity index (χ0n) is 12.0. The number of rotatable bonds is 2. The molecule has 1 aliphatic heterocycles. The number of allylic oxidation sites excluding steroid dienone is 1. The molecule has 104 valence electrons. The van der Waals surface area contributed by atoms with Gasteiger partial charge in [-0.1, -0.05) is 0 Å². The number of hydrogen-bond donors (Lipinski definition) is 1. The van der Waals surface area contributed by atoms with Crippen LogP contribution < -0.4 is 10.1 Å². The van der Waals surface area contributed by atoms with Crippen LogP contribution in [0.25, 0.3) is 0 Å². The van der Waals surface area contributed by atoms with Crippen LogP contribution in [0.1, 0.15) is 32.0 Å². The summed E-state index contributed by atoms with van der Waals surface area (Å²) in [6.45, 7) is 3.97. The highest BCUT2D eigenvalue weighted by Gasteiger charge is 2.30. The molecule has 0 bridgehead atoms. The molecule has 6 nitrogen and oxygen atoms in total. The zero-order chi connectivity index (χ0) is 14.2. The maximum absolute atomic E-state index is 12.1. The minimum Gasteiger partial charge on any atom is -0.480 e. The first-order chi connectivity index (χ1) is 8.93. The molecule has 1 fully saturated rings. The first-order valence-electron chi connectivity index (χ1n) is 6.22. The first kappa shape index (κ1) is 13.5. The SMILES string of the molecule is COc1cc(C2CC(=O)N(C)C(=C(C)C)N2)n(C)n1. The molecule has 0 radical (unpaired) electrons. The summed E-state index contributed by atoms with van der Waals surface area (Å²) >= 11 is 0. The van der Waals surface area contributed by atoms with Crippen molar-refractivity contribution < 1.29 is 9.53 Å². The van der Waals surface area contributed by atoms with Gasteiger partial charge in [0.1, 0.15) is 5.82 Å². The van der Waals surface area contributed by atoms with Crippen LogP contribution in [-0.4, -0.2) is 34.7 Å². The second kappa shape index (κ2) is 4.95. The molecule has 6 heteroatoms. The number of methoxy groups -OCH3 is 1. The third kappa shape index (κ3) is 2.43. The Morgan fingerprint density at radius 1 is 1.47 bits per heavy atom. The zero-order valence-corrected chi connectivity index (χ0v) is 12.0. The number of nitrogens with one attached hydrogen (secondary N) is 1. The van der Waals surface area contributed by atoms with E-state index in [1.165, 1.54) is 0 Å². The number of amides is 1. The van der Waals surface area contributed by atoms with Gasteiger partial charge in [-0.2, -0.15) is 0 Å². The van der Waals surface area contributed by atoms with Gasteiger partial charge < -0.3 is 15.0 Å². The van der Waals surface area contributed by atoms with Gasteiger partial charge in [0, 0.05) is 20.2 Å². The van der Waals surface area contributed by atoms with E-state index in [0.717, 1.165) is 17.1 Å². The van der Waals surface area contributed by atoms with Gasteiger partial charge in [-0.15, -0.1) is 5.10 Å². The third-order valence-electron chi connectivity index (χ3n) is 3.33. The Bertz CT molecular complexity index is 529. The predicted octanol–water partition coefficient (Wildman–Crippen LogP) is 1.17.